The van der Waals surface area contributed by atoms with Crippen LogP contribution in [0.5, 0.6) is 0 Å². The number of halogens is 1. The number of carbonyl (C=O) groups is 1. The van der Waals surface area contributed by atoms with Gasteiger partial charge in [-0.3, -0.25) is 9.20 Å². The van der Waals surface area contributed by atoms with Crippen molar-refractivity contribution in [1.29, 1.82) is 0 Å². The summed E-state index contributed by atoms with van der Waals surface area (Å²) >= 11 is 1.25. The number of fused-ring (bicyclic) bond motifs is 1. The predicted octanol–water partition coefficient (Wildman–Crippen LogP) is 2.19. The first-order chi connectivity index (χ1) is 9.56. The number of aromatic nitrogens is 4. The number of nitrogens with zero attached hydrogens (tertiary/aromatic N) is 4. The number of aryl methyl sites for hydroxylation is 2. The highest BCUT2D eigenvalue weighted by molar-refractivity contribution is 7.19. The van der Waals surface area contributed by atoms with Gasteiger partial charge in [0.05, 0.1) is 6.20 Å². The van der Waals surface area contributed by atoms with Crippen LogP contribution in [0.2, 0.25) is 0 Å². The van der Waals surface area contributed by atoms with Gasteiger partial charge in [0, 0.05) is 5.69 Å². The SMILES string of the molecule is Cc1nnc2sc(C(=O)Nc3ccc(F)cn3)c(C)n12. The summed E-state index contributed by atoms with van der Waals surface area (Å²) in [5, 5.41) is 10.6. The quantitative estimate of drug-likeness (QED) is 0.785. The average molecular weight is 291 g/mol. The van der Waals surface area contributed by atoms with Gasteiger partial charge in [-0.2, -0.15) is 0 Å². The van der Waals surface area contributed by atoms with Crippen LogP contribution in [0, 0.1) is 19.7 Å². The molecule has 0 saturated heterocycles. The molecule has 0 spiro atoms. The van der Waals surface area contributed by atoms with E-state index in [9.17, 15) is 9.18 Å². The lowest BCUT2D eigenvalue weighted by atomic mass is 10.3. The first-order valence-electron chi connectivity index (χ1n) is 5.80. The van der Waals surface area contributed by atoms with Gasteiger partial charge in [0.1, 0.15) is 22.3 Å². The summed E-state index contributed by atoms with van der Waals surface area (Å²) < 4.78 is 14.6. The molecule has 3 rings (SSSR count). The van der Waals surface area contributed by atoms with Gasteiger partial charge in [0.2, 0.25) is 4.96 Å². The van der Waals surface area contributed by atoms with Gasteiger partial charge < -0.3 is 5.32 Å². The van der Waals surface area contributed by atoms with Crippen molar-refractivity contribution in [3.8, 4) is 0 Å². The molecule has 0 bridgehead atoms. The molecule has 6 nitrogen and oxygen atoms in total. The molecule has 8 heteroatoms. The molecule has 0 aromatic carbocycles. The minimum absolute atomic E-state index is 0.295. The van der Waals surface area contributed by atoms with Gasteiger partial charge in [-0.15, -0.1) is 10.2 Å². The molecule has 0 radical (unpaired) electrons. The molecule has 0 aliphatic carbocycles. The number of anilines is 1. The molecular weight excluding hydrogens is 281 g/mol. The molecule has 1 N–H and O–H groups in total. The van der Waals surface area contributed by atoms with Crippen LogP contribution in [0.3, 0.4) is 0 Å². The zero-order valence-electron chi connectivity index (χ0n) is 10.7. The lowest BCUT2D eigenvalue weighted by molar-refractivity contribution is 0.102. The van der Waals surface area contributed by atoms with E-state index in [-0.39, 0.29) is 5.91 Å². The minimum Gasteiger partial charge on any atom is -0.306 e. The maximum Gasteiger partial charge on any atom is 0.268 e. The summed E-state index contributed by atoms with van der Waals surface area (Å²) in [6.07, 6.45) is 1.05. The molecule has 0 atom stereocenters. The van der Waals surface area contributed by atoms with Crippen LogP contribution < -0.4 is 5.32 Å². The second-order valence-electron chi connectivity index (χ2n) is 4.20. The Morgan fingerprint density at radius 1 is 1.35 bits per heavy atom. The summed E-state index contributed by atoms with van der Waals surface area (Å²) in [5.41, 5.74) is 0.770. The number of hydrogen-bond acceptors (Lipinski definition) is 5. The van der Waals surface area contributed by atoms with E-state index >= 15 is 0 Å². The standard InChI is InChI=1S/C12H10FN5OS/c1-6-10(20-12-17-16-7(2)18(6)12)11(19)15-9-4-3-8(13)5-14-9/h3-5H,1-2H3,(H,14,15,19). The number of amides is 1. The Kier molecular flexibility index (Phi) is 2.94. The third-order valence-corrected chi connectivity index (χ3v) is 3.96. The Morgan fingerprint density at radius 2 is 2.15 bits per heavy atom. The molecule has 3 aromatic heterocycles. The van der Waals surface area contributed by atoms with Crippen LogP contribution in [0.1, 0.15) is 21.2 Å². The van der Waals surface area contributed by atoms with Crippen molar-refractivity contribution < 1.29 is 9.18 Å². The molecule has 0 saturated carbocycles. The van der Waals surface area contributed by atoms with Crippen molar-refractivity contribution in [1.82, 2.24) is 19.6 Å². The molecule has 102 valence electrons. The monoisotopic (exact) mass is 291 g/mol. The van der Waals surface area contributed by atoms with Gasteiger partial charge in [0.25, 0.3) is 5.91 Å². The van der Waals surface area contributed by atoms with Crippen LogP contribution in [-0.4, -0.2) is 25.5 Å². The third kappa shape index (κ3) is 2.03. The first-order valence-corrected chi connectivity index (χ1v) is 6.62. The first kappa shape index (κ1) is 12.7. The Bertz CT molecular complexity index is 792. The lowest BCUT2D eigenvalue weighted by Gasteiger charge is -2.03. The summed E-state index contributed by atoms with van der Waals surface area (Å²) in [7, 11) is 0. The Balaban J connectivity index is 1.92. The molecule has 0 unspecified atom stereocenters. The molecule has 0 aliphatic rings. The summed E-state index contributed by atoms with van der Waals surface area (Å²) in [4.78, 5) is 17.2. The molecule has 3 aromatic rings. The van der Waals surface area contributed by atoms with Gasteiger partial charge in [-0.1, -0.05) is 11.3 Å². The molecular formula is C12H10FN5OS. The highest BCUT2D eigenvalue weighted by Crippen LogP contribution is 2.23. The number of carbonyl (C=O) groups excluding carboxylic acids is 1. The van der Waals surface area contributed by atoms with E-state index in [4.69, 9.17) is 0 Å². The normalized spacial score (nSPS) is 10.9. The number of rotatable bonds is 2. The van der Waals surface area contributed by atoms with E-state index in [0.29, 0.717) is 15.7 Å². The fourth-order valence-corrected chi connectivity index (χ4v) is 2.90. The molecule has 0 aliphatic heterocycles. The van der Waals surface area contributed by atoms with E-state index in [0.717, 1.165) is 17.7 Å². The van der Waals surface area contributed by atoms with Gasteiger partial charge in [-0.05, 0) is 26.0 Å². The number of nitrogens with one attached hydrogen (secondary N) is 1. The molecule has 0 fully saturated rings. The topological polar surface area (TPSA) is 72.2 Å². The maximum absolute atomic E-state index is 12.8. The van der Waals surface area contributed by atoms with Crippen LogP contribution >= 0.6 is 11.3 Å². The second-order valence-corrected chi connectivity index (χ2v) is 5.18. The fourth-order valence-electron chi connectivity index (χ4n) is 1.90. The summed E-state index contributed by atoms with van der Waals surface area (Å²) in [6.45, 7) is 3.65. The van der Waals surface area contributed by atoms with Gasteiger partial charge in [0.15, 0.2) is 0 Å². The van der Waals surface area contributed by atoms with Crippen LogP contribution in [-0.2, 0) is 0 Å². The van der Waals surface area contributed by atoms with Gasteiger partial charge in [-0.25, -0.2) is 9.37 Å². The van der Waals surface area contributed by atoms with Crippen LogP contribution in [0.25, 0.3) is 4.96 Å². The van der Waals surface area contributed by atoms with E-state index < -0.39 is 5.82 Å². The van der Waals surface area contributed by atoms with Crippen LogP contribution in [0.4, 0.5) is 10.2 Å². The van der Waals surface area contributed by atoms with Crippen molar-refractivity contribution in [2.45, 2.75) is 13.8 Å². The summed E-state index contributed by atoms with van der Waals surface area (Å²) in [6, 6.07) is 2.65. The number of thiazole rings is 1. The molecule has 1 amide bonds. The van der Waals surface area contributed by atoms with Crippen molar-refractivity contribution in [3.05, 3.63) is 40.5 Å². The minimum atomic E-state index is -0.449. The smallest absolute Gasteiger partial charge is 0.268 e. The lowest BCUT2D eigenvalue weighted by Crippen LogP contribution is -2.13. The van der Waals surface area contributed by atoms with Crippen molar-refractivity contribution >= 4 is 28.0 Å². The molecule has 20 heavy (non-hydrogen) atoms. The number of pyridine rings is 1. The third-order valence-electron chi connectivity index (χ3n) is 2.83. The predicted molar refractivity (Wildman–Crippen MR) is 72.5 cm³/mol. The Labute approximate surface area is 117 Å². The van der Waals surface area contributed by atoms with E-state index in [1.54, 1.807) is 0 Å². The second kappa shape index (κ2) is 4.64. The van der Waals surface area contributed by atoms with Crippen molar-refractivity contribution in [2.24, 2.45) is 0 Å². The molecule has 3 heterocycles. The Morgan fingerprint density at radius 3 is 2.80 bits per heavy atom. The number of hydrogen-bond donors (Lipinski definition) is 1. The largest absolute Gasteiger partial charge is 0.306 e. The maximum atomic E-state index is 12.8. The van der Waals surface area contributed by atoms with E-state index in [1.807, 2.05) is 18.2 Å². The van der Waals surface area contributed by atoms with Crippen molar-refractivity contribution in [2.75, 3.05) is 5.32 Å². The van der Waals surface area contributed by atoms with E-state index in [1.165, 1.54) is 23.5 Å². The Hall–Kier alpha value is -2.35. The van der Waals surface area contributed by atoms with E-state index in [2.05, 4.69) is 20.5 Å². The van der Waals surface area contributed by atoms with Gasteiger partial charge >= 0.3 is 0 Å². The zero-order valence-corrected chi connectivity index (χ0v) is 11.5. The zero-order chi connectivity index (χ0) is 14.3. The highest BCUT2D eigenvalue weighted by atomic mass is 32.1. The fraction of sp³-hybridized carbons (Fsp3) is 0.167. The van der Waals surface area contributed by atoms with Crippen LogP contribution in [0.15, 0.2) is 18.3 Å². The van der Waals surface area contributed by atoms with Crippen molar-refractivity contribution in [3.63, 3.8) is 0 Å². The highest BCUT2D eigenvalue weighted by Gasteiger charge is 2.18. The summed E-state index contributed by atoms with van der Waals surface area (Å²) in [5.74, 6) is 0.288. The average Bonchev–Trinajstić information content (AvgIpc) is 2.94.